The van der Waals surface area contributed by atoms with Crippen LogP contribution >= 0.6 is 0 Å². The predicted molar refractivity (Wildman–Crippen MR) is 125 cm³/mol. The quantitative estimate of drug-likeness (QED) is 0.668. The summed E-state index contributed by atoms with van der Waals surface area (Å²) in [5.41, 5.74) is 4.53. The highest BCUT2D eigenvalue weighted by Gasteiger charge is 2.21. The van der Waals surface area contributed by atoms with E-state index >= 15 is 0 Å². The monoisotopic (exact) mass is 431 g/mol. The Balaban J connectivity index is 1.71. The van der Waals surface area contributed by atoms with Gasteiger partial charge in [0.05, 0.1) is 12.7 Å². The number of benzene rings is 1. The standard InChI is InChI=1S/C25H29N5O2/c1-32-25-28-17-22(18-29-25)19-9-10-23-21(14-19)16-26-11-5-3-2-4-6-13-30(23)24(31)20-8-7-12-27-15-20/h7-10,12,14-15,17-18,26H,2-6,11,13,16H2,1H3. The van der Waals surface area contributed by atoms with Crippen molar-refractivity contribution in [1.29, 1.82) is 0 Å². The van der Waals surface area contributed by atoms with E-state index < -0.39 is 0 Å². The van der Waals surface area contributed by atoms with Crippen molar-refractivity contribution in [2.24, 2.45) is 0 Å². The molecule has 0 saturated heterocycles. The van der Waals surface area contributed by atoms with Gasteiger partial charge in [0, 0.05) is 49.1 Å². The fourth-order valence-corrected chi connectivity index (χ4v) is 3.99. The van der Waals surface area contributed by atoms with Gasteiger partial charge < -0.3 is 15.0 Å². The van der Waals surface area contributed by atoms with E-state index in [1.807, 2.05) is 23.1 Å². The van der Waals surface area contributed by atoms with Crippen molar-refractivity contribution in [3.05, 3.63) is 66.2 Å². The van der Waals surface area contributed by atoms with Crippen LogP contribution in [0.4, 0.5) is 5.69 Å². The number of fused-ring (bicyclic) bond motifs is 1. The van der Waals surface area contributed by atoms with Crippen LogP contribution in [0, 0.1) is 0 Å². The zero-order valence-corrected chi connectivity index (χ0v) is 18.5. The number of amides is 1. The number of methoxy groups -OCH3 is 1. The zero-order chi connectivity index (χ0) is 22.2. The maximum absolute atomic E-state index is 13.4. The maximum Gasteiger partial charge on any atom is 0.316 e. The molecule has 2 aromatic heterocycles. The molecule has 0 saturated carbocycles. The molecule has 32 heavy (non-hydrogen) atoms. The Bertz CT molecular complexity index is 1020. The molecule has 3 heterocycles. The molecule has 1 N–H and O–H groups in total. The van der Waals surface area contributed by atoms with Crippen LogP contribution in [0.2, 0.25) is 0 Å². The topological polar surface area (TPSA) is 80.2 Å². The van der Waals surface area contributed by atoms with Crippen LogP contribution in [0.15, 0.2) is 55.1 Å². The van der Waals surface area contributed by atoms with E-state index in [2.05, 4.69) is 26.3 Å². The molecule has 0 aliphatic carbocycles. The van der Waals surface area contributed by atoms with Crippen LogP contribution in [-0.2, 0) is 6.54 Å². The minimum Gasteiger partial charge on any atom is -0.467 e. The van der Waals surface area contributed by atoms with E-state index in [0.29, 0.717) is 24.7 Å². The molecule has 1 aliphatic rings. The number of nitrogens with zero attached hydrogens (tertiary/aromatic N) is 4. The number of carbonyl (C=O) groups is 1. The van der Waals surface area contributed by atoms with Gasteiger partial charge in [-0.15, -0.1) is 0 Å². The maximum atomic E-state index is 13.4. The SMILES string of the molecule is COc1ncc(-c2ccc3c(c2)CNCCCCCCCN3C(=O)c2cccnc2)cn1. The number of pyridine rings is 1. The number of nitrogens with one attached hydrogen (secondary N) is 1. The lowest BCUT2D eigenvalue weighted by atomic mass is 10.0. The normalized spacial score (nSPS) is 15.2. The highest BCUT2D eigenvalue weighted by Crippen LogP contribution is 2.29. The largest absolute Gasteiger partial charge is 0.467 e. The Morgan fingerprint density at radius 2 is 1.81 bits per heavy atom. The lowest BCUT2D eigenvalue weighted by molar-refractivity contribution is 0.0986. The second kappa shape index (κ2) is 10.8. The van der Waals surface area contributed by atoms with Crippen LogP contribution in [0.25, 0.3) is 11.1 Å². The van der Waals surface area contributed by atoms with Gasteiger partial charge in [0.25, 0.3) is 5.91 Å². The van der Waals surface area contributed by atoms with Crippen molar-refractivity contribution < 1.29 is 9.53 Å². The van der Waals surface area contributed by atoms with E-state index in [9.17, 15) is 4.79 Å². The van der Waals surface area contributed by atoms with Gasteiger partial charge in [-0.2, -0.15) is 0 Å². The Labute approximate surface area is 188 Å². The summed E-state index contributed by atoms with van der Waals surface area (Å²) in [5.74, 6) is -0.0167. The van der Waals surface area contributed by atoms with Crippen molar-refractivity contribution in [3.8, 4) is 17.1 Å². The second-order valence-electron chi connectivity index (χ2n) is 7.94. The van der Waals surface area contributed by atoms with Gasteiger partial charge >= 0.3 is 6.01 Å². The average Bonchev–Trinajstić information content (AvgIpc) is 2.85. The lowest BCUT2D eigenvalue weighted by Gasteiger charge is -2.27. The van der Waals surface area contributed by atoms with E-state index in [4.69, 9.17) is 4.74 Å². The smallest absolute Gasteiger partial charge is 0.316 e. The van der Waals surface area contributed by atoms with Gasteiger partial charge in [0.1, 0.15) is 0 Å². The molecule has 1 aliphatic heterocycles. The molecule has 0 fully saturated rings. The molecule has 0 unspecified atom stereocenters. The third-order valence-electron chi connectivity index (χ3n) is 5.72. The van der Waals surface area contributed by atoms with Gasteiger partial charge in [-0.1, -0.05) is 25.3 Å². The fraction of sp³-hybridized carbons (Fsp3) is 0.360. The van der Waals surface area contributed by atoms with Crippen molar-refractivity contribution in [2.75, 3.05) is 25.1 Å². The lowest BCUT2D eigenvalue weighted by Crippen LogP contribution is -2.33. The highest BCUT2D eigenvalue weighted by atomic mass is 16.5. The van der Waals surface area contributed by atoms with Crippen LogP contribution in [0.5, 0.6) is 6.01 Å². The average molecular weight is 432 g/mol. The van der Waals surface area contributed by atoms with Gasteiger partial charge in [0.15, 0.2) is 0 Å². The number of ether oxygens (including phenoxy) is 1. The molecule has 3 aromatic rings. The molecule has 7 heteroatoms. The number of rotatable bonds is 3. The summed E-state index contributed by atoms with van der Waals surface area (Å²) in [4.78, 5) is 28.0. The van der Waals surface area contributed by atoms with Gasteiger partial charge in [-0.3, -0.25) is 9.78 Å². The molecule has 166 valence electrons. The first kappa shape index (κ1) is 21.9. The summed E-state index contributed by atoms with van der Waals surface area (Å²) in [6.07, 6.45) is 12.5. The summed E-state index contributed by atoms with van der Waals surface area (Å²) in [5, 5.41) is 3.55. The van der Waals surface area contributed by atoms with Crippen LogP contribution < -0.4 is 15.0 Å². The van der Waals surface area contributed by atoms with E-state index in [1.54, 1.807) is 38.0 Å². The fourth-order valence-electron chi connectivity index (χ4n) is 3.99. The number of hydrogen-bond donors (Lipinski definition) is 1. The van der Waals surface area contributed by atoms with Crippen LogP contribution in [0.3, 0.4) is 0 Å². The number of anilines is 1. The zero-order valence-electron chi connectivity index (χ0n) is 18.5. The molecule has 7 nitrogen and oxygen atoms in total. The number of aromatic nitrogens is 3. The second-order valence-corrected chi connectivity index (χ2v) is 7.94. The summed E-state index contributed by atoms with van der Waals surface area (Å²) in [6, 6.07) is 10.2. The van der Waals surface area contributed by atoms with Gasteiger partial charge in [-0.25, -0.2) is 9.97 Å². The van der Waals surface area contributed by atoms with Crippen molar-refractivity contribution >= 4 is 11.6 Å². The van der Waals surface area contributed by atoms with Crippen molar-refractivity contribution in [2.45, 2.75) is 38.6 Å². The molecule has 4 rings (SSSR count). The molecule has 1 aromatic carbocycles. The Morgan fingerprint density at radius 1 is 1.00 bits per heavy atom. The van der Waals surface area contributed by atoms with E-state index in [1.165, 1.54) is 19.3 Å². The molecule has 0 atom stereocenters. The summed E-state index contributed by atoms with van der Waals surface area (Å²) >= 11 is 0. The van der Waals surface area contributed by atoms with E-state index in [-0.39, 0.29) is 5.91 Å². The molecule has 0 radical (unpaired) electrons. The Kier molecular flexibility index (Phi) is 7.40. The van der Waals surface area contributed by atoms with E-state index in [0.717, 1.165) is 41.8 Å². The Hall–Kier alpha value is -3.32. The van der Waals surface area contributed by atoms with Crippen molar-refractivity contribution in [1.82, 2.24) is 20.3 Å². The first-order valence-electron chi connectivity index (χ1n) is 11.2. The van der Waals surface area contributed by atoms with Crippen LogP contribution in [0.1, 0.15) is 48.0 Å². The summed E-state index contributed by atoms with van der Waals surface area (Å²) < 4.78 is 5.07. The third kappa shape index (κ3) is 5.29. The summed E-state index contributed by atoms with van der Waals surface area (Å²) in [7, 11) is 1.55. The Morgan fingerprint density at radius 3 is 2.59 bits per heavy atom. The number of hydrogen-bond acceptors (Lipinski definition) is 6. The highest BCUT2D eigenvalue weighted by molar-refractivity contribution is 6.06. The van der Waals surface area contributed by atoms with Gasteiger partial charge in [-0.05, 0) is 54.8 Å². The first-order valence-corrected chi connectivity index (χ1v) is 11.2. The predicted octanol–water partition coefficient (Wildman–Crippen LogP) is 4.25. The minimum absolute atomic E-state index is 0.0167. The van der Waals surface area contributed by atoms with Gasteiger partial charge in [0.2, 0.25) is 0 Å². The minimum atomic E-state index is -0.0167. The molecule has 0 spiro atoms. The molecule has 1 amide bonds. The van der Waals surface area contributed by atoms with Crippen molar-refractivity contribution in [3.63, 3.8) is 0 Å². The molecular weight excluding hydrogens is 402 g/mol. The molecule has 0 bridgehead atoms. The number of carbonyl (C=O) groups excluding carboxylic acids is 1. The first-order chi connectivity index (χ1) is 15.8. The summed E-state index contributed by atoms with van der Waals surface area (Å²) in [6.45, 7) is 2.34. The van der Waals surface area contributed by atoms with Crippen LogP contribution in [-0.4, -0.2) is 41.1 Å². The molecular formula is C25H29N5O2. The third-order valence-corrected chi connectivity index (χ3v) is 5.72.